The molecule has 1 aliphatic carbocycles. The Morgan fingerprint density at radius 1 is 1.38 bits per heavy atom. The summed E-state index contributed by atoms with van der Waals surface area (Å²) in [5.74, 6) is 1.91. The second kappa shape index (κ2) is 7.20. The largest absolute Gasteiger partial charge is 0.335 e. The lowest BCUT2D eigenvalue weighted by molar-refractivity contribution is -0.135. The normalized spacial score (nSPS) is 14.2. The maximum Gasteiger partial charge on any atom is 0.225 e. The van der Waals surface area contributed by atoms with E-state index in [0.29, 0.717) is 12.5 Å². The van der Waals surface area contributed by atoms with Crippen LogP contribution in [0.3, 0.4) is 0 Å². The fraction of sp³-hybridized carbons (Fsp3) is 0.500. The molecule has 0 N–H and O–H groups in total. The number of imidazole rings is 1. The molecule has 24 heavy (non-hydrogen) atoms. The number of carbonyl (C=O) groups excluding carboxylic acids is 1. The van der Waals surface area contributed by atoms with Crippen LogP contribution in [0.15, 0.2) is 36.7 Å². The first kappa shape index (κ1) is 16.7. The highest BCUT2D eigenvalue weighted by Gasteiger charge is 2.28. The van der Waals surface area contributed by atoms with Crippen LogP contribution < -0.4 is 0 Å². The highest BCUT2D eigenvalue weighted by molar-refractivity contribution is 5.78. The van der Waals surface area contributed by atoms with Crippen molar-refractivity contribution in [1.29, 1.82) is 0 Å². The number of aromatic nitrogens is 2. The van der Waals surface area contributed by atoms with Gasteiger partial charge in [0, 0.05) is 31.4 Å². The van der Waals surface area contributed by atoms with E-state index in [1.165, 1.54) is 24.0 Å². The van der Waals surface area contributed by atoms with Crippen LogP contribution in [0.1, 0.15) is 43.6 Å². The van der Waals surface area contributed by atoms with Gasteiger partial charge in [-0.1, -0.05) is 43.7 Å². The quantitative estimate of drug-likeness (QED) is 0.779. The van der Waals surface area contributed by atoms with Gasteiger partial charge in [0.05, 0.1) is 6.54 Å². The second-order valence-electron chi connectivity index (χ2n) is 7.28. The van der Waals surface area contributed by atoms with Crippen molar-refractivity contribution in [2.75, 3.05) is 6.54 Å². The van der Waals surface area contributed by atoms with Gasteiger partial charge >= 0.3 is 0 Å². The molecule has 1 saturated carbocycles. The Balaban J connectivity index is 1.74. The summed E-state index contributed by atoms with van der Waals surface area (Å²) in [6, 6.07) is 8.53. The van der Waals surface area contributed by atoms with Crippen LogP contribution in [-0.2, 0) is 17.9 Å². The Labute approximate surface area is 144 Å². The molecular weight excluding hydrogens is 298 g/mol. The zero-order valence-corrected chi connectivity index (χ0v) is 14.9. The van der Waals surface area contributed by atoms with Gasteiger partial charge in [-0.25, -0.2) is 4.98 Å². The summed E-state index contributed by atoms with van der Waals surface area (Å²) in [5, 5.41) is 0. The maximum absolute atomic E-state index is 12.5. The molecule has 1 fully saturated rings. The molecule has 1 heterocycles. The van der Waals surface area contributed by atoms with Crippen molar-refractivity contribution in [2.24, 2.45) is 11.8 Å². The highest BCUT2D eigenvalue weighted by Crippen LogP contribution is 2.30. The molecular formula is C20H27N3O. The molecule has 1 aliphatic rings. The molecule has 4 heteroatoms. The SMILES string of the molecule is Cc1cccc(Cn2ccnc2CN(CC2CC2)C(=O)C(C)C)c1. The van der Waals surface area contributed by atoms with Crippen LogP contribution in [-0.4, -0.2) is 26.9 Å². The lowest BCUT2D eigenvalue weighted by atomic mass is 10.1. The van der Waals surface area contributed by atoms with Crippen LogP contribution in [0.5, 0.6) is 0 Å². The smallest absolute Gasteiger partial charge is 0.225 e. The van der Waals surface area contributed by atoms with Crippen LogP contribution in [0.2, 0.25) is 0 Å². The van der Waals surface area contributed by atoms with E-state index in [0.717, 1.165) is 18.9 Å². The molecule has 0 spiro atoms. The van der Waals surface area contributed by atoms with Gasteiger partial charge in [0.25, 0.3) is 0 Å². The third kappa shape index (κ3) is 4.25. The van der Waals surface area contributed by atoms with Crippen LogP contribution in [0.25, 0.3) is 0 Å². The van der Waals surface area contributed by atoms with Gasteiger partial charge in [-0.2, -0.15) is 0 Å². The molecule has 0 aliphatic heterocycles. The molecule has 3 rings (SSSR count). The van der Waals surface area contributed by atoms with Crippen molar-refractivity contribution in [1.82, 2.24) is 14.5 Å². The van der Waals surface area contributed by atoms with E-state index in [1.54, 1.807) is 0 Å². The number of hydrogen-bond donors (Lipinski definition) is 0. The Morgan fingerprint density at radius 2 is 2.17 bits per heavy atom. The fourth-order valence-corrected chi connectivity index (χ4v) is 3.02. The first-order chi connectivity index (χ1) is 11.5. The Kier molecular flexibility index (Phi) is 5.03. The van der Waals surface area contributed by atoms with E-state index in [-0.39, 0.29) is 11.8 Å². The van der Waals surface area contributed by atoms with Crippen molar-refractivity contribution in [2.45, 2.75) is 46.7 Å². The number of hydrogen-bond acceptors (Lipinski definition) is 2. The molecule has 2 aromatic rings. The summed E-state index contributed by atoms with van der Waals surface area (Å²) in [7, 11) is 0. The Bertz CT molecular complexity index is 700. The summed E-state index contributed by atoms with van der Waals surface area (Å²) < 4.78 is 2.16. The monoisotopic (exact) mass is 325 g/mol. The predicted molar refractivity (Wildman–Crippen MR) is 95.5 cm³/mol. The van der Waals surface area contributed by atoms with Gasteiger partial charge in [-0.05, 0) is 31.2 Å². The van der Waals surface area contributed by atoms with Crippen LogP contribution in [0.4, 0.5) is 0 Å². The average Bonchev–Trinajstić information content (AvgIpc) is 3.26. The van der Waals surface area contributed by atoms with Crippen molar-refractivity contribution in [3.63, 3.8) is 0 Å². The predicted octanol–water partition coefficient (Wildman–Crippen LogP) is 3.63. The van der Waals surface area contributed by atoms with Gasteiger partial charge in [0.15, 0.2) is 0 Å². The Hall–Kier alpha value is -2.10. The van der Waals surface area contributed by atoms with Crippen LogP contribution in [0, 0.1) is 18.8 Å². The molecule has 1 aromatic heterocycles. The highest BCUT2D eigenvalue weighted by atomic mass is 16.2. The molecule has 0 unspecified atom stereocenters. The molecule has 4 nitrogen and oxygen atoms in total. The third-order valence-electron chi connectivity index (χ3n) is 4.55. The molecule has 128 valence electrons. The Morgan fingerprint density at radius 3 is 2.83 bits per heavy atom. The van der Waals surface area contributed by atoms with Crippen molar-refractivity contribution in [3.05, 3.63) is 53.6 Å². The number of carbonyl (C=O) groups is 1. The van der Waals surface area contributed by atoms with Gasteiger partial charge in [0.2, 0.25) is 5.91 Å². The van der Waals surface area contributed by atoms with Gasteiger partial charge < -0.3 is 9.47 Å². The van der Waals surface area contributed by atoms with Crippen molar-refractivity contribution >= 4 is 5.91 Å². The molecule has 0 radical (unpaired) electrons. The first-order valence-corrected chi connectivity index (χ1v) is 8.87. The molecule has 0 atom stereocenters. The summed E-state index contributed by atoms with van der Waals surface area (Å²) in [6.07, 6.45) is 6.34. The molecule has 1 amide bonds. The summed E-state index contributed by atoms with van der Waals surface area (Å²) in [6.45, 7) is 8.32. The summed E-state index contributed by atoms with van der Waals surface area (Å²) in [4.78, 5) is 19.0. The van der Waals surface area contributed by atoms with Gasteiger partial charge in [-0.15, -0.1) is 0 Å². The number of amides is 1. The standard InChI is InChI=1S/C20H27N3O/c1-15(2)20(24)23(12-17-7-8-17)14-19-21-9-10-22(19)13-18-6-4-5-16(3)11-18/h4-6,9-11,15,17H,7-8,12-14H2,1-3H3. The number of nitrogens with zero attached hydrogens (tertiary/aromatic N) is 3. The van der Waals surface area contributed by atoms with E-state index in [9.17, 15) is 4.79 Å². The topological polar surface area (TPSA) is 38.1 Å². The second-order valence-corrected chi connectivity index (χ2v) is 7.28. The molecule has 0 bridgehead atoms. The number of aryl methyl sites for hydroxylation is 1. The van der Waals surface area contributed by atoms with Gasteiger partial charge in [0.1, 0.15) is 5.82 Å². The molecule has 1 aromatic carbocycles. The maximum atomic E-state index is 12.5. The average molecular weight is 325 g/mol. The van der Waals surface area contributed by atoms with E-state index in [2.05, 4.69) is 40.7 Å². The minimum absolute atomic E-state index is 0.0314. The van der Waals surface area contributed by atoms with E-state index in [1.807, 2.05) is 31.1 Å². The lowest BCUT2D eigenvalue weighted by Gasteiger charge is -2.24. The number of rotatable bonds is 7. The van der Waals surface area contributed by atoms with E-state index < -0.39 is 0 Å². The van der Waals surface area contributed by atoms with Crippen molar-refractivity contribution in [3.8, 4) is 0 Å². The summed E-state index contributed by atoms with van der Waals surface area (Å²) in [5.41, 5.74) is 2.53. The van der Waals surface area contributed by atoms with Crippen molar-refractivity contribution < 1.29 is 4.79 Å². The minimum atomic E-state index is 0.0314. The van der Waals surface area contributed by atoms with E-state index in [4.69, 9.17) is 0 Å². The fourth-order valence-electron chi connectivity index (χ4n) is 3.02. The summed E-state index contributed by atoms with van der Waals surface area (Å²) >= 11 is 0. The zero-order chi connectivity index (χ0) is 17.1. The number of benzene rings is 1. The minimum Gasteiger partial charge on any atom is -0.335 e. The zero-order valence-electron chi connectivity index (χ0n) is 14.9. The first-order valence-electron chi connectivity index (χ1n) is 8.87. The molecule has 0 saturated heterocycles. The van der Waals surface area contributed by atoms with Gasteiger partial charge in [-0.3, -0.25) is 4.79 Å². The van der Waals surface area contributed by atoms with Crippen LogP contribution >= 0.6 is 0 Å². The van der Waals surface area contributed by atoms with E-state index >= 15 is 0 Å². The lowest BCUT2D eigenvalue weighted by Crippen LogP contribution is -2.36. The third-order valence-corrected chi connectivity index (χ3v) is 4.55.